The van der Waals surface area contributed by atoms with E-state index in [-0.39, 0.29) is 0 Å². The smallest absolute Gasteiger partial charge is 0.0739 e. The maximum absolute atomic E-state index is 4.38. The van der Waals surface area contributed by atoms with Gasteiger partial charge >= 0.3 is 0 Å². The summed E-state index contributed by atoms with van der Waals surface area (Å²) in [6.07, 6.45) is 10.5. The molecule has 0 saturated carbocycles. The Morgan fingerprint density at radius 3 is 2.86 bits per heavy atom. The van der Waals surface area contributed by atoms with Gasteiger partial charge in [-0.25, -0.2) is 4.52 Å². The molecule has 0 aromatic carbocycles. The molecular formula is C18H25N3. The fourth-order valence-corrected chi connectivity index (χ4v) is 3.20. The Hall–Kier alpha value is -1.61. The Morgan fingerprint density at radius 2 is 2.10 bits per heavy atom. The lowest BCUT2D eigenvalue weighted by atomic mass is 10.1. The van der Waals surface area contributed by atoms with E-state index < -0.39 is 0 Å². The molecule has 1 aliphatic heterocycles. The summed E-state index contributed by atoms with van der Waals surface area (Å²) in [5, 5.41) is 4.38. The predicted molar refractivity (Wildman–Crippen MR) is 88.5 cm³/mol. The summed E-state index contributed by atoms with van der Waals surface area (Å²) < 4.78 is 1.94. The molecule has 0 N–H and O–H groups in total. The Morgan fingerprint density at radius 1 is 1.29 bits per heavy atom. The molecule has 2 aromatic heterocycles. The molecule has 2 aromatic rings. The molecule has 3 rings (SSSR count). The van der Waals surface area contributed by atoms with Crippen LogP contribution < -0.4 is 0 Å². The molecule has 0 atom stereocenters. The lowest BCUT2D eigenvalue weighted by molar-refractivity contribution is 0.226. The average Bonchev–Trinajstić information content (AvgIpc) is 2.92. The van der Waals surface area contributed by atoms with E-state index in [9.17, 15) is 0 Å². The molecule has 1 saturated heterocycles. The third-order valence-corrected chi connectivity index (χ3v) is 4.43. The van der Waals surface area contributed by atoms with E-state index in [1.54, 1.807) is 0 Å². The van der Waals surface area contributed by atoms with Gasteiger partial charge in [-0.15, -0.1) is 0 Å². The molecule has 3 heteroatoms. The number of nitrogens with zero attached hydrogens (tertiary/aromatic N) is 3. The van der Waals surface area contributed by atoms with Crippen LogP contribution in [0.2, 0.25) is 0 Å². The number of likely N-dealkylation sites (tertiary alicyclic amines) is 1. The van der Waals surface area contributed by atoms with Crippen molar-refractivity contribution < 1.29 is 0 Å². The number of aromatic nitrogens is 2. The minimum absolute atomic E-state index is 1.08. The molecule has 1 aliphatic rings. The SMILES string of the molecule is C=C(C)c1cnn2ccc(CCCN3CCCCC3)cc12. The van der Waals surface area contributed by atoms with Gasteiger partial charge < -0.3 is 4.90 Å². The fraction of sp³-hybridized carbons (Fsp3) is 0.500. The van der Waals surface area contributed by atoms with Gasteiger partial charge in [0.25, 0.3) is 0 Å². The molecule has 112 valence electrons. The van der Waals surface area contributed by atoms with Gasteiger partial charge in [0.05, 0.1) is 11.7 Å². The number of hydrogen-bond acceptors (Lipinski definition) is 2. The first-order chi connectivity index (χ1) is 10.2. The number of rotatable bonds is 5. The minimum atomic E-state index is 1.08. The van der Waals surface area contributed by atoms with Crippen molar-refractivity contribution in [2.24, 2.45) is 0 Å². The van der Waals surface area contributed by atoms with Gasteiger partial charge in [0.1, 0.15) is 0 Å². The van der Waals surface area contributed by atoms with Crippen LogP contribution >= 0.6 is 0 Å². The molecule has 0 spiro atoms. The van der Waals surface area contributed by atoms with Crippen molar-refractivity contribution in [2.45, 2.75) is 39.0 Å². The van der Waals surface area contributed by atoms with Crippen molar-refractivity contribution in [3.05, 3.63) is 42.2 Å². The van der Waals surface area contributed by atoms with Crippen LogP contribution in [0.25, 0.3) is 11.1 Å². The minimum Gasteiger partial charge on any atom is -0.303 e. The third-order valence-electron chi connectivity index (χ3n) is 4.43. The van der Waals surface area contributed by atoms with Crippen molar-refractivity contribution in [1.82, 2.24) is 14.5 Å². The summed E-state index contributed by atoms with van der Waals surface area (Å²) in [6, 6.07) is 4.46. The van der Waals surface area contributed by atoms with Crippen LogP contribution in [0.5, 0.6) is 0 Å². The van der Waals surface area contributed by atoms with Crippen molar-refractivity contribution in [2.75, 3.05) is 19.6 Å². The third kappa shape index (κ3) is 3.35. The molecule has 0 aliphatic carbocycles. The van der Waals surface area contributed by atoms with Gasteiger partial charge in [-0.3, -0.25) is 0 Å². The molecule has 3 nitrogen and oxygen atoms in total. The van der Waals surface area contributed by atoms with Crippen LogP contribution in [0.4, 0.5) is 0 Å². The van der Waals surface area contributed by atoms with E-state index in [0.29, 0.717) is 0 Å². The number of fused-ring (bicyclic) bond motifs is 1. The van der Waals surface area contributed by atoms with Crippen molar-refractivity contribution >= 4 is 11.1 Å². The summed E-state index contributed by atoms with van der Waals surface area (Å²) in [7, 11) is 0. The molecule has 1 fully saturated rings. The van der Waals surface area contributed by atoms with Crippen LogP contribution in [0, 0.1) is 0 Å². The maximum Gasteiger partial charge on any atom is 0.0739 e. The van der Waals surface area contributed by atoms with Gasteiger partial charge in [0, 0.05) is 11.8 Å². The second-order valence-electron chi connectivity index (χ2n) is 6.21. The second-order valence-corrected chi connectivity index (χ2v) is 6.21. The summed E-state index contributed by atoms with van der Waals surface area (Å²) >= 11 is 0. The number of aryl methyl sites for hydroxylation is 1. The summed E-state index contributed by atoms with van der Waals surface area (Å²) in [6.45, 7) is 9.90. The normalized spacial score (nSPS) is 16.4. The van der Waals surface area contributed by atoms with Crippen molar-refractivity contribution in [1.29, 1.82) is 0 Å². The highest BCUT2D eigenvalue weighted by Gasteiger charge is 2.10. The first-order valence-electron chi connectivity index (χ1n) is 8.08. The number of hydrogen-bond donors (Lipinski definition) is 0. The molecular weight excluding hydrogens is 258 g/mol. The summed E-state index contributed by atoms with van der Waals surface area (Å²) in [5.41, 5.74) is 4.82. The lowest BCUT2D eigenvalue weighted by Crippen LogP contribution is -2.30. The predicted octanol–water partition coefficient (Wildman–Crippen LogP) is 3.79. The number of piperidine rings is 1. The van der Waals surface area contributed by atoms with Gasteiger partial charge in [-0.2, -0.15) is 5.10 Å². The topological polar surface area (TPSA) is 20.5 Å². The zero-order valence-electron chi connectivity index (χ0n) is 13.0. The zero-order valence-corrected chi connectivity index (χ0v) is 13.0. The monoisotopic (exact) mass is 283 g/mol. The van der Waals surface area contributed by atoms with E-state index in [0.717, 1.165) is 17.6 Å². The van der Waals surface area contributed by atoms with Crippen LogP contribution in [-0.2, 0) is 6.42 Å². The van der Waals surface area contributed by atoms with Gasteiger partial charge in [-0.05, 0) is 75.5 Å². The van der Waals surface area contributed by atoms with E-state index in [2.05, 4.69) is 34.9 Å². The van der Waals surface area contributed by atoms with E-state index in [1.807, 2.05) is 17.6 Å². The Labute approximate surface area is 127 Å². The van der Waals surface area contributed by atoms with E-state index in [1.165, 1.54) is 56.4 Å². The summed E-state index contributed by atoms with van der Waals surface area (Å²) in [4.78, 5) is 2.61. The molecule has 21 heavy (non-hydrogen) atoms. The molecule has 0 amide bonds. The van der Waals surface area contributed by atoms with Crippen LogP contribution in [0.3, 0.4) is 0 Å². The number of pyridine rings is 1. The molecule has 0 radical (unpaired) electrons. The van der Waals surface area contributed by atoms with Crippen LogP contribution in [0.15, 0.2) is 31.1 Å². The highest BCUT2D eigenvalue weighted by atomic mass is 15.2. The Kier molecular flexibility index (Phi) is 4.39. The van der Waals surface area contributed by atoms with Crippen molar-refractivity contribution in [3.63, 3.8) is 0 Å². The van der Waals surface area contributed by atoms with Gasteiger partial charge in [-0.1, -0.05) is 13.0 Å². The van der Waals surface area contributed by atoms with Gasteiger partial charge in [0.15, 0.2) is 0 Å². The quantitative estimate of drug-likeness (QED) is 0.832. The second kappa shape index (κ2) is 6.44. The molecule has 0 unspecified atom stereocenters. The largest absolute Gasteiger partial charge is 0.303 e. The van der Waals surface area contributed by atoms with Crippen molar-refractivity contribution in [3.8, 4) is 0 Å². The first-order valence-corrected chi connectivity index (χ1v) is 8.08. The van der Waals surface area contributed by atoms with Crippen LogP contribution in [-0.4, -0.2) is 34.1 Å². The summed E-state index contributed by atoms with van der Waals surface area (Å²) in [5.74, 6) is 0. The number of allylic oxidation sites excluding steroid dienone is 1. The molecule has 3 heterocycles. The van der Waals surface area contributed by atoms with Crippen LogP contribution in [0.1, 0.15) is 43.7 Å². The Bertz CT molecular complexity index is 620. The van der Waals surface area contributed by atoms with E-state index >= 15 is 0 Å². The highest BCUT2D eigenvalue weighted by Crippen LogP contribution is 2.20. The molecule has 0 bridgehead atoms. The lowest BCUT2D eigenvalue weighted by Gasteiger charge is -2.26. The average molecular weight is 283 g/mol. The zero-order chi connectivity index (χ0) is 14.7. The van der Waals surface area contributed by atoms with Gasteiger partial charge in [0.2, 0.25) is 0 Å². The first kappa shape index (κ1) is 14.3. The highest BCUT2D eigenvalue weighted by molar-refractivity contribution is 5.75. The Balaban J connectivity index is 1.63. The standard InChI is InChI=1S/C18H25N3/c1-15(2)17-14-19-21-12-8-16(13-18(17)21)7-6-11-20-9-4-3-5-10-20/h8,12-14H,1,3-7,9-11H2,2H3. The van der Waals surface area contributed by atoms with E-state index in [4.69, 9.17) is 0 Å². The fourth-order valence-electron chi connectivity index (χ4n) is 3.20. The maximum atomic E-state index is 4.38.